The monoisotopic (exact) mass is 227 g/mol. The molecule has 0 spiro atoms. The molecule has 5 heteroatoms. The van der Waals surface area contributed by atoms with E-state index in [1.54, 1.807) is 0 Å². The van der Waals surface area contributed by atoms with Crippen LogP contribution in [0.25, 0.3) is 0 Å². The van der Waals surface area contributed by atoms with Crippen LogP contribution in [0, 0.1) is 5.92 Å². The van der Waals surface area contributed by atoms with Crippen molar-refractivity contribution in [2.24, 2.45) is 5.92 Å². The van der Waals surface area contributed by atoms with Crippen molar-refractivity contribution >= 4 is 11.9 Å². The molecule has 2 heterocycles. The van der Waals surface area contributed by atoms with Gasteiger partial charge in [-0.25, -0.2) is 0 Å². The van der Waals surface area contributed by atoms with Crippen LogP contribution in [0.15, 0.2) is 0 Å². The van der Waals surface area contributed by atoms with Gasteiger partial charge in [0.25, 0.3) is 0 Å². The van der Waals surface area contributed by atoms with E-state index in [9.17, 15) is 9.59 Å². The number of ether oxygens (including phenoxy) is 1. The molecule has 0 saturated carbocycles. The molecule has 5 nitrogen and oxygen atoms in total. The average Bonchev–Trinajstić information content (AvgIpc) is 2.85. The largest absolute Gasteiger partial charge is 0.481 e. The zero-order valence-corrected chi connectivity index (χ0v) is 9.15. The molecule has 3 unspecified atom stereocenters. The first-order valence-electron chi connectivity index (χ1n) is 5.82. The standard InChI is InChI=1S/C11H17NO4/c13-10(14)2-1-5-12-11(15)8-6-7-3-4-9(8)16-7/h7-9H,1-6H2,(H,12,15)(H,13,14). The number of carbonyl (C=O) groups is 2. The fourth-order valence-corrected chi connectivity index (χ4v) is 2.50. The predicted octanol–water partition coefficient (Wildman–Crippen LogP) is 0.535. The minimum atomic E-state index is -0.822. The summed E-state index contributed by atoms with van der Waals surface area (Å²) in [5.74, 6) is -0.807. The average molecular weight is 227 g/mol. The second kappa shape index (κ2) is 4.82. The Kier molecular flexibility index (Phi) is 3.43. The fraction of sp³-hybridized carbons (Fsp3) is 0.818. The minimum absolute atomic E-state index is 0.0106. The first kappa shape index (κ1) is 11.4. The summed E-state index contributed by atoms with van der Waals surface area (Å²) in [6.07, 6.45) is 3.86. The number of hydrogen-bond acceptors (Lipinski definition) is 3. The summed E-state index contributed by atoms with van der Waals surface area (Å²) >= 11 is 0. The van der Waals surface area contributed by atoms with E-state index in [-0.39, 0.29) is 30.5 Å². The number of fused-ring (bicyclic) bond motifs is 2. The van der Waals surface area contributed by atoms with Gasteiger partial charge in [-0.15, -0.1) is 0 Å². The lowest BCUT2D eigenvalue weighted by molar-refractivity contribution is -0.137. The fourth-order valence-electron chi connectivity index (χ4n) is 2.50. The van der Waals surface area contributed by atoms with Gasteiger partial charge in [-0.3, -0.25) is 9.59 Å². The van der Waals surface area contributed by atoms with Gasteiger partial charge < -0.3 is 15.2 Å². The van der Waals surface area contributed by atoms with E-state index < -0.39 is 5.97 Å². The van der Waals surface area contributed by atoms with E-state index in [4.69, 9.17) is 9.84 Å². The highest BCUT2D eigenvalue weighted by molar-refractivity contribution is 5.79. The molecule has 0 aliphatic carbocycles. The minimum Gasteiger partial charge on any atom is -0.481 e. The van der Waals surface area contributed by atoms with Crippen LogP contribution in [-0.4, -0.2) is 35.7 Å². The second-order valence-corrected chi connectivity index (χ2v) is 4.50. The number of aliphatic carboxylic acids is 1. The topological polar surface area (TPSA) is 75.6 Å². The maximum Gasteiger partial charge on any atom is 0.303 e. The van der Waals surface area contributed by atoms with Gasteiger partial charge in [0.1, 0.15) is 0 Å². The van der Waals surface area contributed by atoms with Crippen LogP contribution in [0.2, 0.25) is 0 Å². The number of amides is 1. The number of carboxylic acid groups (broad SMARTS) is 1. The van der Waals surface area contributed by atoms with Crippen LogP contribution >= 0.6 is 0 Å². The van der Waals surface area contributed by atoms with Crippen LogP contribution in [-0.2, 0) is 14.3 Å². The summed E-state index contributed by atoms with van der Waals surface area (Å²) in [6, 6.07) is 0. The van der Waals surface area contributed by atoms with Gasteiger partial charge in [0.2, 0.25) is 5.91 Å². The van der Waals surface area contributed by atoms with Crippen LogP contribution in [0.3, 0.4) is 0 Å². The summed E-state index contributed by atoms with van der Waals surface area (Å²) in [6.45, 7) is 0.443. The third-order valence-corrected chi connectivity index (χ3v) is 3.31. The molecule has 0 aromatic rings. The summed E-state index contributed by atoms with van der Waals surface area (Å²) in [5, 5.41) is 11.2. The van der Waals surface area contributed by atoms with Crippen LogP contribution in [0.4, 0.5) is 0 Å². The molecule has 2 aliphatic rings. The molecule has 2 N–H and O–H groups in total. The van der Waals surface area contributed by atoms with Crippen molar-refractivity contribution in [1.82, 2.24) is 5.32 Å². The quantitative estimate of drug-likeness (QED) is 0.672. The molecule has 16 heavy (non-hydrogen) atoms. The lowest BCUT2D eigenvalue weighted by atomic mass is 9.88. The molecule has 0 aromatic heterocycles. The lowest BCUT2D eigenvalue weighted by Gasteiger charge is -2.17. The molecular formula is C11H17NO4. The predicted molar refractivity (Wildman–Crippen MR) is 55.9 cm³/mol. The highest BCUT2D eigenvalue weighted by Gasteiger charge is 2.44. The van der Waals surface area contributed by atoms with E-state index in [0.29, 0.717) is 13.0 Å². The van der Waals surface area contributed by atoms with Crippen LogP contribution in [0.1, 0.15) is 32.1 Å². The van der Waals surface area contributed by atoms with E-state index in [1.807, 2.05) is 0 Å². The molecule has 2 saturated heterocycles. The number of carbonyl (C=O) groups excluding carboxylic acids is 1. The summed E-state index contributed by atoms with van der Waals surface area (Å²) < 4.78 is 5.60. The van der Waals surface area contributed by atoms with Crippen LogP contribution in [0.5, 0.6) is 0 Å². The molecule has 90 valence electrons. The van der Waals surface area contributed by atoms with Gasteiger partial charge in [-0.1, -0.05) is 0 Å². The van der Waals surface area contributed by atoms with Crippen molar-refractivity contribution < 1.29 is 19.4 Å². The Morgan fingerprint density at radius 2 is 2.19 bits per heavy atom. The maximum atomic E-state index is 11.7. The molecular weight excluding hydrogens is 210 g/mol. The van der Waals surface area contributed by atoms with Gasteiger partial charge in [-0.2, -0.15) is 0 Å². The number of rotatable bonds is 5. The van der Waals surface area contributed by atoms with Crippen molar-refractivity contribution in [2.45, 2.75) is 44.3 Å². The summed E-state index contributed by atoms with van der Waals surface area (Å²) in [4.78, 5) is 22.0. The highest BCUT2D eigenvalue weighted by Crippen LogP contribution is 2.38. The lowest BCUT2D eigenvalue weighted by Crippen LogP contribution is -2.36. The highest BCUT2D eigenvalue weighted by atomic mass is 16.5. The van der Waals surface area contributed by atoms with Gasteiger partial charge in [-0.05, 0) is 25.7 Å². The smallest absolute Gasteiger partial charge is 0.303 e. The van der Waals surface area contributed by atoms with E-state index in [1.165, 1.54) is 0 Å². The molecule has 3 atom stereocenters. The Bertz CT molecular complexity index is 292. The second-order valence-electron chi connectivity index (χ2n) is 4.50. The van der Waals surface area contributed by atoms with Gasteiger partial charge in [0.05, 0.1) is 18.1 Å². The number of nitrogens with one attached hydrogen (secondary N) is 1. The summed E-state index contributed by atoms with van der Waals surface area (Å²) in [5.41, 5.74) is 0. The molecule has 2 rings (SSSR count). The Labute approximate surface area is 94.2 Å². The third kappa shape index (κ3) is 2.52. The first-order valence-corrected chi connectivity index (χ1v) is 5.82. The van der Waals surface area contributed by atoms with Crippen molar-refractivity contribution in [2.75, 3.05) is 6.54 Å². The Hall–Kier alpha value is -1.10. The van der Waals surface area contributed by atoms with Crippen LogP contribution < -0.4 is 5.32 Å². The Morgan fingerprint density at radius 1 is 1.38 bits per heavy atom. The van der Waals surface area contributed by atoms with Gasteiger partial charge in [0, 0.05) is 13.0 Å². The Morgan fingerprint density at radius 3 is 2.75 bits per heavy atom. The normalized spacial score (nSPS) is 31.6. The molecule has 1 amide bonds. The zero-order valence-electron chi connectivity index (χ0n) is 9.15. The van der Waals surface area contributed by atoms with Crippen molar-refractivity contribution in [1.29, 1.82) is 0 Å². The van der Waals surface area contributed by atoms with E-state index in [2.05, 4.69) is 5.32 Å². The number of hydrogen-bond donors (Lipinski definition) is 2. The van der Waals surface area contributed by atoms with Crippen molar-refractivity contribution in [3.05, 3.63) is 0 Å². The van der Waals surface area contributed by atoms with Gasteiger partial charge in [0.15, 0.2) is 0 Å². The molecule has 2 bridgehead atoms. The Balaban J connectivity index is 1.66. The van der Waals surface area contributed by atoms with E-state index in [0.717, 1.165) is 19.3 Å². The summed E-state index contributed by atoms with van der Waals surface area (Å²) in [7, 11) is 0. The van der Waals surface area contributed by atoms with Crippen molar-refractivity contribution in [3.8, 4) is 0 Å². The molecule has 0 radical (unpaired) electrons. The molecule has 2 aliphatic heterocycles. The third-order valence-electron chi connectivity index (χ3n) is 3.31. The SMILES string of the molecule is O=C(O)CCCNC(=O)C1CC2CCC1O2. The molecule has 2 fully saturated rings. The number of carboxylic acids is 1. The first-order chi connectivity index (χ1) is 7.66. The zero-order chi connectivity index (χ0) is 11.5. The molecule has 0 aromatic carbocycles. The van der Waals surface area contributed by atoms with Crippen molar-refractivity contribution in [3.63, 3.8) is 0 Å². The van der Waals surface area contributed by atoms with E-state index >= 15 is 0 Å². The van der Waals surface area contributed by atoms with Gasteiger partial charge >= 0.3 is 5.97 Å². The maximum absolute atomic E-state index is 11.7.